The van der Waals surface area contributed by atoms with Gasteiger partial charge in [0.15, 0.2) is 0 Å². The van der Waals surface area contributed by atoms with Crippen LogP contribution in [0.5, 0.6) is 0 Å². The summed E-state index contributed by atoms with van der Waals surface area (Å²) in [6.45, 7) is 0. The summed E-state index contributed by atoms with van der Waals surface area (Å²) in [6, 6.07) is 0. The maximum absolute atomic E-state index is 0. The van der Waals surface area contributed by atoms with Gasteiger partial charge in [0, 0.05) is 0 Å². The normalized spacial score (nSPS) is 0. The van der Waals surface area contributed by atoms with Crippen molar-refractivity contribution >= 4 is 55.7 Å². The second-order valence-corrected chi connectivity index (χ2v) is 0. The number of rotatable bonds is 0. The summed E-state index contributed by atoms with van der Waals surface area (Å²) >= 11 is 0. The van der Waals surface area contributed by atoms with Crippen LogP contribution in [-0.4, -0.2) is 55.7 Å². The van der Waals surface area contributed by atoms with Crippen molar-refractivity contribution in [2.75, 3.05) is 0 Å². The molecule has 0 bridgehead atoms. The molecule has 0 saturated carbocycles. The molecular formula is Ag3As2Ga. The van der Waals surface area contributed by atoms with E-state index in [1.54, 1.807) is 0 Å². The van der Waals surface area contributed by atoms with E-state index in [2.05, 4.69) is 0 Å². The van der Waals surface area contributed by atoms with Crippen molar-refractivity contribution in [1.82, 2.24) is 0 Å². The topological polar surface area (TPSA) is 0 Å². The van der Waals surface area contributed by atoms with Crippen LogP contribution >= 0.6 is 0 Å². The van der Waals surface area contributed by atoms with Gasteiger partial charge >= 0.3 is 86.9 Å². The molecule has 0 fully saturated rings. The van der Waals surface area contributed by atoms with Gasteiger partial charge in [0.25, 0.3) is 0 Å². The molecule has 0 amide bonds. The Balaban J connectivity index is 0. The first-order valence-corrected chi connectivity index (χ1v) is 0. The Bertz CT molecular complexity index is 8.75. The monoisotopic (exact) mass is 539 g/mol. The average Bonchev–Trinajstić information content (AvgIpc) is 0. The largest absolute Gasteiger partial charge is 3.00 e. The van der Waals surface area contributed by atoms with E-state index in [9.17, 15) is 0 Å². The van der Waals surface area contributed by atoms with E-state index >= 15 is 0 Å². The van der Waals surface area contributed by atoms with Crippen molar-refractivity contribution in [2.24, 2.45) is 0 Å². The van der Waals surface area contributed by atoms with E-state index in [1.165, 1.54) is 0 Å². The Morgan fingerprint density at radius 3 is 0.500 bits per heavy atom. The van der Waals surface area contributed by atoms with Gasteiger partial charge < -0.3 is 35.9 Å². The van der Waals surface area contributed by atoms with Crippen molar-refractivity contribution in [2.45, 2.75) is 0 Å². The Morgan fingerprint density at radius 2 is 0.500 bits per heavy atom. The van der Waals surface area contributed by atoms with Crippen LogP contribution in [0, 0.1) is 0 Å². The fourth-order valence-corrected chi connectivity index (χ4v) is 0. The zero-order chi connectivity index (χ0) is 0. The van der Waals surface area contributed by atoms with Gasteiger partial charge in [0.05, 0.1) is 0 Å². The smallest absolute Gasteiger partial charge is 3.00 e. The molecule has 0 nitrogen and oxygen atoms in total. The third kappa shape index (κ3) is 24.6. The van der Waals surface area contributed by atoms with Gasteiger partial charge in [-0.25, -0.2) is 0 Å². The molecule has 0 aromatic rings. The molecule has 0 aromatic heterocycles. The maximum atomic E-state index is 0. The average molecular weight is 543 g/mol. The van der Waals surface area contributed by atoms with Crippen LogP contribution in [0.4, 0.5) is 0 Å². The zero-order valence-electron chi connectivity index (χ0n) is 2.38. The van der Waals surface area contributed by atoms with Gasteiger partial charge in [0.2, 0.25) is 0 Å². The molecule has 0 heterocycles. The molecule has 0 radical (unpaired) electrons. The molecule has 0 aliphatic heterocycles. The molecule has 0 spiro atoms. The fraction of sp³-hybridized carbons (Fsp3) is 0. The van der Waals surface area contributed by atoms with E-state index in [1.807, 2.05) is 0 Å². The van der Waals surface area contributed by atoms with Crippen LogP contribution in [0.3, 0.4) is 0 Å². The van der Waals surface area contributed by atoms with E-state index in [4.69, 9.17) is 0 Å². The summed E-state index contributed by atoms with van der Waals surface area (Å²) in [6.07, 6.45) is 0. The summed E-state index contributed by atoms with van der Waals surface area (Å²) in [7, 11) is 0. The van der Waals surface area contributed by atoms with Gasteiger partial charge in [-0.05, 0) is 0 Å². The van der Waals surface area contributed by atoms with Gasteiger partial charge in [-0.2, -0.15) is 0 Å². The third-order valence-electron chi connectivity index (χ3n) is 0. The molecule has 0 unspecified atom stereocenters. The second-order valence-electron chi connectivity index (χ2n) is 0. The van der Waals surface area contributed by atoms with Crippen LogP contribution in [0.25, 0.3) is 0 Å². The summed E-state index contributed by atoms with van der Waals surface area (Å²) in [5.74, 6) is 0. The Morgan fingerprint density at radius 1 is 0.500 bits per heavy atom. The predicted molar refractivity (Wildman–Crippen MR) is 17.3 cm³/mol. The summed E-state index contributed by atoms with van der Waals surface area (Å²) in [4.78, 5) is 0. The maximum Gasteiger partial charge on any atom is 3.00 e. The minimum atomic E-state index is 0. The molecule has 0 atom stereocenters. The van der Waals surface area contributed by atoms with E-state index < -0.39 is 0 Å². The number of hydrogen-bond donors (Lipinski definition) is 0. The van der Waals surface area contributed by atoms with Crippen molar-refractivity contribution in [1.29, 1.82) is 0 Å². The zero-order valence-corrected chi connectivity index (χ0v) is 13.0. The molecule has 6 heavy (non-hydrogen) atoms. The predicted octanol–water partition coefficient (Wildman–Crippen LogP) is -1.15. The molecule has 46 valence electrons. The van der Waals surface area contributed by atoms with Crippen molar-refractivity contribution in [3.8, 4) is 0 Å². The molecule has 0 aromatic carbocycles. The first-order valence-electron chi connectivity index (χ1n) is 0. The molecule has 0 aliphatic rings. The van der Waals surface area contributed by atoms with Crippen LogP contribution in [0.15, 0.2) is 0 Å². The van der Waals surface area contributed by atoms with Gasteiger partial charge in [0.1, 0.15) is 0 Å². The summed E-state index contributed by atoms with van der Waals surface area (Å²) < 4.78 is 0. The first kappa shape index (κ1) is 50.9. The van der Waals surface area contributed by atoms with Crippen LogP contribution in [0.2, 0.25) is 0 Å². The summed E-state index contributed by atoms with van der Waals surface area (Å²) in [5, 5.41) is 0. The molecular weight excluding hydrogens is 543 g/mol. The fourth-order valence-electron chi connectivity index (χ4n) is 0. The SMILES string of the molecule is [Ag+].[Ag+].[Ag+].[As-3].[As-3].[Ga+3]. The van der Waals surface area contributed by atoms with Crippen LogP contribution in [0.1, 0.15) is 0 Å². The minimum Gasteiger partial charge on any atom is -3.00 e. The van der Waals surface area contributed by atoms with E-state index in [0.717, 1.165) is 0 Å². The van der Waals surface area contributed by atoms with E-state index in [-0.39, 0.29) is 123 Å². The number of hydrogen-bond acceptors (Lipinski definition) is 0. The van der Waals surface area contributed by atoms with Crippen LogP contribution < -0.4 is 0 Å². The first-order chi connectivity index (χ1) is 0. The minimum absolute atomic E-state index is 0. The molecule has 0 aliphatic carbocycles. The molecule has 0 rings (SSSR count). The van der Waals surface area contributed by atoms with Crippen LogP contribution in [-0.2, 0) is 67.1 Å². The second kappa shape index (κ2) is 36.1. The molecule has 0 N–H and O–H groups in total. The van der Waals surface area contributed by atoms with Crippen molar-refractivity contribution in [3.63, 3.8) is 0 Å². The molecule has 0 saturated heterocycles. The van der Waals surface area contributed by atoms with Crippen molar-refractivity contribution < 1.29 is 67.1 Å². The molecule has 6 heteroatoms. The van der Waals surface area contributed by atoms with Crippen molar-refractivity contribution in [3.05, 3.63) is 0 Å². The Kier molecular flexibility index (Phi) is 306. The quantitative estimate of drug-likeness (QED) is 0.339. The summed E-state index contributed by atoms with van der Waals surface area (Å²) in [5.41, 5.74) is 0. The Hall–Kier alpha value is 3.97. The third-order valence-corrected chi connectivity index (χ3v) is 0. The standard InChI is InChI=1S/3Ag.2As.Ga/q3*+1;2*-3;+3. The van der Waals surface area contributed by atoms with Gasteiger partial charge in [-0.15, -0.1) is 0 Å². The van der Waals surface area contributed by atoms with E-state index in [0.29, 0.717) is 0 Å². The van der Waals surface area contributed by atoms with Gasteiger partial charge in [-0.1, -0.05) is 0 Å². The van der Waals surface area contributed by atoms with Gasteiger partial charge in [-0.3, -0.25) is 0 Å². The Labute approximate surface area is 120 Å².